The fourth-order valence-corrected chi connectivity index (χ4v) is 2.79. The molecular formula is C12H22N2O2. The number of nitrogens with zero attached hydrogens (tertiary/aromatic N) is 1. The number of ether oxygens (including phenoxy) is 1. The predicted octanol–water partition coefficient (Wildman–Crippen LogP) is 0.766. The summed E-state index contributed by atoms with van der Waals surface area (Å²) in [5.74, 6) is 0.144. The van der Waals surface area contributed by atoms with Crippen LogP contribution in [-0.2, 0) is 9.53 Å². The molecule has 2 heterocycles. The van der Waals surface area contributed by atoms with E-state index in [1.54, 1.807) is 0 Å². The van der Waals surface area contributed by atoms with Crippen LogP contribution in [0, 0.1) is 0 Å². The van der Waals surface area contributed by atoms with Gasteiger partial charge in [-0.25, -0.2) is 0 Å². The Morgan fingerprint density at radius 3 is 3.06 bits per heavy atom. The van der Waals surface area contributed by atoms with Crippen molar-refractivity contribution in [1.29, 1.82) is 0 Å². The van der Waals surface area contributed by atoms with Crippen molar-refractivity contribution in [3.63, 3.8) is 0 Å². The molecule has 1 spiro atoms. The van der Waals surface area contributed by atoms with Crippen LogP contribution >= 0.6 is 0 Å². The molecule has 2 saturated heterocycles. The average Bonchev–Trinajstić information content (AvgIpc) is 2.50. The normalized spacial score (nSPS) is 36.5. The maximum absolute atomic E-state index is 11.9. The lowest BCUT2D eigenvalue weighted by Crippen LogP contribution is -2.58. The number of carbonyl (C=O) groups is 1. The highest BCUT2D eigenvalue weighted by atomic mass is 16.5. The molecule has 0 unspecified atom stereocenters. The third-order valence-corrected chi connectivity index (χ3v) is 3.69. The first kappa shape index (κ1) is 11.9. The quantitative estimate of drug-likeness (QED) is 0.718. The molecule has 0 bridgehead atoms. The van der Waals surface area contributed by atoms with E-state index >= 15 is 0 Å². The number of rotatable bonds is 1. The molecular weight excluding hydrogens is 204 g/mol. The first-order chi connectivity index (χ1) is 7.67. The minimum Gasteiger partial charge on any atom is -0.360 e. The Kier molecular flexibility index (Phi) is 3.50. The highest BCUT2D eigenvalue weighted by Crippen LogP contribution is 2.31. The largest absolute Gasteiger partial charge is 0.360 e. The van der Waals surface area contributed by atoms with Crippen molar-refractivity contribution >= 4 is 5.91 Å². The molecule has 0 aromatic carbocycles. The van der Waals surface area contributed by atoms with Crippen molar-refractivity contribution in [3.05, 3.63) is 0 Å². The lowest BCUT2D eigenvalue weighted by Gasteiger charge is -2.44. The van der Waals surface area contributed by atoms with Crippen LogP contribution in [0.2, 0.25) is 0 Å². The second-order valence-corrected chi connectivity index (χ2v) is 4.90. The van der Waals surface area contributed by atoms with Crippen molar-refractivity contribution < 1.29 is 9.53 Å². The van der Waals surface area contributed by atoms with Crippen LogP contribution in [-0.4, -0.2) is 48.7 Å². The van der Waals surface area contributed by atoms with Crippen LogP contribution in [0.15, 0.2) is 0 Å². The number of morpholine rings is 1. The number of likely N-dealkylation sites (N-methyl/N-ethyl adjacent to an activating group) is 1. The number of nitrogens with one attached hydrogen (secondary N) is 1. The molecule has 0 aromatic rings. The second-order valence-electron chi connectivity index (χ2n) is 4.90. The van der Waals surface area contributed by atoms with Crippen molar-refractivity contribution in [2.24, 2.45) is 0 Å². The zero-order chi connectivity index (χ0) is 11.6. The Morgan fingerprint density at radius 2 is 2.31 bits per heavy atom. The lowest BCUT2D eigenvalue weighted by atomic mass is 9.91. The van der Waals surface area contributed by atoms with Gasteiger partial charge in [0.25, 0.3) is 5.91 Å². The van der Waals surface area contributed by atoms with Crippen LogP contribution in [0.25, 0.3) is 0 Å². The van der Waals surface area contributed by atoms with Gasteiger partial charge in [-0.2, -0.15) is 0 Å². The van der Waals surface area contributed by atoms with Crippen molar-refractivity contribution in [1.82, 2.24) is 10.2 Å². The topological polar surface area (TPSA) is 41.6 Å². The van der Waals surface area contributed by atoms with E-state index in [2.05, 4.69) is 5.32 Å². The Bertz CT molecular complexity index is 260. The Morgan fingerprint density at radius 1 is 1.50 bits per heavy atom. The molecule has 2 atom stereocenters. The van der Waals surface area contributed by atoms with Gasteiger partial charge in [-0.1, -0.05) is 0 Å². The summed E-state index contributed by atoms with van der Waals surface area (Å²) < 4.78 is 6.01. The van der Waals surface area contributed by atoms with E-state index in [0.29, 0.717) is 0 Å². The highest BCUT2D eigenvalue weighted by molar-refractivity contribution is 5.81. The van der Waals surface area contributed by atoms with E-state index in [4.69, 9.17) is 4.74 Å². The van der Waals surface area contributed by atoms with Gasteiger partial charge in [0.2, 0.25) is 0 Å². The van der Waals surface area contributed by atoms with Crippen LogP contribution in [0.3, 0.4) is 0 Å². The van der Waals surface area contributed by atoms with Gasteiger partial charge < -0.3 is 15.0 Å². The smallest absolute Gasteiger partial charge is 0.251 e. The molecule has 2 aliphatic heterocycles. The third kappa shape index (κ3) is 2.23. The number of hydrogen-bond donors (Lipinski definition) is 1. The van der Waals surface area contributed by atoms with Gasteiger partial charge in [-0.05, 0) is 46.2 Å². The third-order valence-electron chi connectivity index (χ3n) is 3.69. The average molecular weight is 226 g/mol. The molecule has 4 nitrogen and oxygen atoms in total. The molecule has 2 aliphatic rings. The summed E-state index contributed by atoms with van der Waals surface area (Å²) in [6.45, 7) is 7.55. The van der Waals surface area contributed by atoms with Crippen LogP contribution in [0.1, 0.15) is 33.1 Å². The summed E-state index contributed by atoms with van der Waals surface area (Å²) in [4.78, 5) is 13.8. The molecule has 2 fully saturated rings. The summed E-state index contributed by atoms with van der Waals surface area (Å²) in [5, 5.41) is 3.39. The molecule has 92 valence electrons. The van der Waals surface area contributed by atoms with Crippen molar-refractivity contribution in [2.75, 3.05) is 26.2 Å². The molecule has 16 heavy (non-hydrogen) atoms. The molecule has 0 radical (unpaired) electrons. The van der Waals surface area contributed by atoms with E-state index in [1.165, 1.54) is 0 Å². The monoisotopic (exact) mass is 226 g/mol. The van der Waals surface area contributed by atoms with Crippen molar-refractivity contribution in [2.45, 2.75) is 44.8 Å². The van der Waals surface area contributed by atoms with E-state index < -0.39 is 0 Å². The highest BCUT2D eigenvalue weighted by Gasteiger charge is 2.42. The SMILES string of the molecule is CCN1C[C@@]2(CCCNCC2)O[C@H](C)C1=O. The Hall–Kier alpha value is -0.610. The first-order valence-electron chi connectivity index (χ1n) is 6.34. The number of hydrogen-bond acceptors (Lipinski definition) is 3. The predicted molar refractivity (Wildman–Crippen MR) is 62.3 cm³/mol. The van der Waals surface area contributed by atoms with Crippen LogP contribution < -0.4 is 5.32 Å². The van der Waals surface area contributed by atoms with Gasteiger partial charge in [-0.15, -0.1) is 0 Å². The molecule has 0 aromatic heterocycles. The van der Waals surface area contributed by atoms with Gasteiger partial charge in [0.05, 0.1) is 5.60 Å². The summed E-state index contributed by atoms with van der Waals surface area (Å²) in [6.07, 6.45) is 2.94. The minimum absolute atomic E-state index is 0.0904. The van der Waals surface area contributed by atoms with Crippen LogP contribution in [0.4, 0.5) is 0 Å². The first-order valence-corrected chi connectivity index (χ1v) is 6.34. The standard InChI is InChI=1S/C12H22N2O2/c1-3-14-9-12(16-10(2)11(14)15)5-4-7-13-8-6-12/h10,13H,3-9H2,1-2H3/t10-,12+/m1/s1. The van der Waals surface area contributed by atoms with Gasteiger partial charge in [-0.3, -0.25) is 4.79 Å². The maximum atomic E-state index is 11.9. The fourth-order valence-electron chi connectivity index (χ4n) is 2.79. The maximum Gasteiger partial charge on any atom is 0.251 e. The van der Waals surface area contributed by atoms with Crippen LogP contribution in [0.5, 0.6) is 0 Å². The zero-order valence-corrected chi connectivity index (χ0v) is 10.3. The summed E-state index contributed by atoms with van der Waals surface area (Å²) in [6, 6.07) is 0. The molecule has 4 heteroatoms. The number of amides is 1. The van der Waals surface area contributed by atoms with E-state index in [-0.39, 0.29) is 17.6 Å². The van der Waals surface area contributed by atoms with Gasteiger partial charge >= 0.3 is 0 Å². The van der Waals surface area contributed by atoms with Gasteiger partial charge in [0, 0.05) is 13.1 Å². The molecule has 1 amide bonds. The van der Waals surface area contributed by atoms with Crippen molar-refractivity contribution in [3.8, 4) is 0 Å². The fraction of sp³-hybridized carbons (Fsp3) is 0.917. The minimum atomic E-state index is -0.271. The molecule has 2 rings (SSSR count). The summed E-state index contributed by atoms with van der Waals surface area (Å²) >= 11 is 0. The zero-order valence-electron chi connectivity index (χ0n) is 10.3. The molecule has 0 saturated carbocycles. The second kappa shape index (κ2) is 4.72. The van der Waals surface area contributed by atoms with E-state index in [9.17, 15) is 4.79 Å². The van der Waals surface area contributed by atoms with E-state index in [0.717, 1.165) is 45.4 Å². The lowest BCUT2D eigenvalue weighted by molar-refractivity contribution is -0.182. The molecule has 1 N–H and O–H groups in total. The Balaban J connectivity index is 2.11. The number of carbonyl (C=O) groups excluding carboxylic acids is 1. The summed E-state index contributed by atoms with van der Waals surface area (Å²) in [5.41, 5.74) is -0.0904. The van der Waals surface area contributed by atoms with Gasteiger partial charge in [0.1, 0.15) is 6.10 Å². The van der Waals surface area contributed by atoms with E-state index in [1.807, 2.05) is 18.7 Å². The van der Waals surface area contributed by atoms with Gasteiger partial charge in [0.15, 0.2) is 0 Å². The summed E-state index contributed by atoms with van der Waals surface area (Å²) in [7, 11) is 0. The molecule has 0 aliphatic carbocycles. The Labute approximate surface area is 97.3 Å².